The molecule has 25 heavy (non-hydrogen) atoms. The molecular weight excluding hydrogens is 320 g/mol. The maximum atomic E-state index is 12.2. The molecule has 0 aliphatic rings. The number of nitrogens with zero attached hydrogens (tertiary/aromatic N) is 4. The summed E-state index contributed by atoms with van der Waals surface area (Å²) in [6, 6.07) is 13.0. The van der Waals surface area contributed by atoms with Crippen molar-refractivity contribution in [2.45, 2.75) is 6.92 Å². The van der Waals surface area contributed by atoms with Gasteiger partial charge >= 0.3 is 0 Å². The Kier molecular flexibility index (Phi) is 4.89. The summed E-state index contributed by atoms with van der Waals surface area (Å²) < 4.78 is 6.80. The second kappa shape index (κ2) is 7.43. The Bertz CT molecular complexity index is 863. The number of carbonyl (C=O) groups excluding carboxylic acids is 1. The van der Waals surface area contributed by atoms with Gasteiger partial charge in [-0.25, -0.2) is 4.68 Å². The zero-order valence-corrected chi connectivity index (χ0v) is 13.9. The number of ether oxygens (including phenoxy) is 1. The number of aromatic nitrogens is 4. The molecule has 8 heteroatoms. The number of carbonyl (C=O) groups is 1. The van der Waals surface area contributed by atoms with Crippen molar-refractivity contribution in [1.29, 1.82) is 0 Å². The summed E-state index contributed by atoms with van der Waals surface area (Å²) in [5, 5.41) is 17.1. The molecule has 1 aromatic heterocycles. The Morgan fingerprint density at radius 1 is 1.24 bits per heavy atom. The van der Waals surface area contributed by atoms with Gasteiger partial charge in [0.25, 0.3) is 0 Å². The number of hydrogen-bond acceptors (Lipinski definition) is 6. The van der Waals surface area contributed by atoms with E-state index in [9.17, 15) is 4.79 Å². The molecule has 0 atom stereocenters. The lowest BCUT2D eigenvalue weighted by atomic mass is 10.2. The second-order valence-corrected chi connectivity index (χ2v) is 5.36. The van der Waals surface area contributed by atoms with Gasteiger partial charge in [0.15, 0.2) is 0 Å². The molecule has 1 heterocycles. The highest BCUT2D eigenvalue weighted by atomic mass is 16.5. The van der Waals surface area contributed by atoms with Gasteiger partial charge in [0.05, 0.1) is 25.0 Å². The zero-order valence-electron chi connectivity index (χ0n) is 13.9. The van der Waals surface area contributed by atoms with Crippen molar-refractivity contribution in [3.63, 3.8) is 0 Å². The van der Waals surface area contributed by atoms with Gasteiger partial charge in [0, 0.05) is 5.69 Å². The Morgan fingerprint density at radius 2 is 2.08 bits per heavy atom. The quantitative estimate of drug-likeness (QED) is 0.714. The first-order chi connectivity index (χ1) is 12.2. The highest BCUT2D eigenvalue weighted by Gasteiger charge is 2.08. The molecule has 0 saturated heterocycles. The summed E-state index contributed by atoms with van der Waals surface area (Å²) in [7, 11) is 1.59. The van der Waals surface area contributed by atoms with Crippen LogP contribution >= 0.6 is 0 Å². The summed E-state index contributed by atoms with van der Waals surface area (Å²) >= 11 is 0. The Balaban J connectivity index is 1.66. The third kappa shape index (κ3) is 3.92. The smallest absolute Gasteiger partial charge is 0.243 e. The Morgan fingerprint density at radius 3 is 2.84 bits per heavy atom. The lowest BCUT2D eigenvalue weighted by Gasteiger charge is -2.12. The summed E-state index contributed by atoms with van der Waals surface area (Å²) in [4.78, 5) is 12.2. The summed E-state index contributed by atoms with van der Waals surface area (Å²) in [5.41, 5.74) is 3.24. The van der Waals surface area contributed by atoms with E-state index in [1.807, 2.05) is 49.4 Å². The fraction of sp³-hybridized carbons (Fsp3) is 0.176. The number of nitrogens with one attached hydrogen (secondary N) is 2. The fourth-order valence-corrected chi connectivity index (χ4v) is 2.38. The van der Waals surface area contributed by atoms with Crippen LogP contribution in [0.5, 0.6) is 5.75 Å². The van der Waals surface area contributed by atoms with Crippen molar-refractivity contribution in [3.8, 4) is 11.4 Å². The molecule has 8 nitrogen and oxygen atoms in total. The molecule has 0 bridgehead atoms. The molecule has 2 aromatic carbocycles. The minimum Gasteiger partial charge on any atom is -0.495 e. The van der Waals surface area contributed by atoms with E-state index in [1.165, 1.54) is 6.33 Å². The van der Waals surface area contributed by atoms with E-state index in [0.717, 1.165) is 16.9 Å². The van der Waals surface area contributed by atoms with Gasteiger partial charge < -0.3 is 15.4 Å². The van der Waals surface area contributed by atoms with Crippen molar-refractivity contribution in [3.05, 3.63) is 54.4 Å². The van der Waals surface area contributed by atoms with E-state index in [4.69, 9.17) is 4.74 Å². The van der Waals surface area contributed by atoms with Crippen LogP contribution in [0.2, 0.25) is 0 Å². The van der Waals surface area contributed by atoms with Crippen LogP contribution < -0.4 is 15.4 Å². The first-order valence-electron chi connectivity index (χ1n) is 7.68. The van der Waals surface area contributed by atoms with Crippen LogP contribution in [0.4, 0.5) is 11.4 Å². The first kappa shape index (κ1) is 16.4. The maximum Gasteiger partial charge on any atom is 0.243 e. The normalized spacial score (nSPS) is 10.3. The van der Waals surface area contributed by atoms with Crippen LogP contribution in [0, 0.1) is 6.92 Å². The number of methoxy groups -OCH3 is 1. The molecule has 0 saturated carbocycles. The predicted molar refractivity (Wildman–Crippen MR) is 94.0 cm³/mol. The number of hydrogen-bond donors (Lipinski definition) is 2. The average molecular weight is 338 g/mol. The molecule has 128 valence electrons. The number of rotatable bonds is 6. The molecule has 0 unspecified atom stereocenters. The van der Waals surface area contributed by atoms with E-state index < -0.39 is 0 Å². The van der Waals surface area contributed by atoms with Gasteiger partial charge in [-0.15, -0.1) is 5.10 Å². The standard InChI is InChI=1S/C17H18N6O2/c1-12-7-8-13(9-15(12)23-11-19-21-22-23)20-17(24)10-18-14-5-3-4-6-16(14)25-2/h3-9,11,18H,10H2,1-2H3,(H,20,24). The fourth-order valence-electron chi connectivity index (χ4n) is 2.38. The number of tetrazole rings is 1. The SMILES string of the molecule is COc1ccccc1NCC(=O)Nc1ccc(C)c(-n2cnnn2)c1. The van der Waals surface area contributed by atoms with Crippen molar-refractivity contribution in [2.75, 3.05) is 24.3 Å². The number of anilines is 2. The molecule has 3 aromatic rings. The third-order valence-corrected chi connectivity index (χ3v) is 3.64. The predicted octanol–water partition coefficient (Wildman–Crippen LogP) is 2.03. The van der Waals surface area contributed by atoms with Gasteiger partial charge in [0.1, 0.15) is 12.1 Å². The van der Waals surface area contributed by atoms with Crippen LogP contribution in [0.15, 0.2) is 48.8 Å². The molecule has 2 N–H and O–H groups in total. The number of amides is 1. The largest absolute Gasteiger partial charge is 0.495 e. The molecule has 0 spiro atoms. The highest BCUT2D eigenvalue weighted by Crippen LogP contribution is 2.23. The Hall–Kier alpha value is -3.42. The average Bonchev–Trinajstić information content (AvgIpc) is 3.16. The van der Waals surface area contributed by atoms with E-state index in [1.54, 1.807) is 11.8 Å². The number of para-hydroxylation sites is 2. The van der Waals surface area contributed by atoms with Crippen LogP contribution in [-0.4, -0.2) is 39.8 Å². The second-order valence-electron chi connectivity index (χ2n) is 5.36. The van der Waals surface area contributed by atoms with Gasteiger partial charge in [-0.2, -0.15) is 0 Å². The first-order valence-corrected chi connectivity index (χ1v) is 7.68. The van der Waals surface area contributed by atoms with E-state index in [0.29, 0.717) is 11.4 Å². The van der Waals surface area contributed by atoms with Crippen LogP contribution in [0.25, 0.3) is 5.69 Å². The third-order valence-electron chi connectivity index (χ3n) is 3.64. The van der Waals surface area contributed by atoms with Crippen molar-refractivity contribution in [1.82, 2.24) is 20.2 Å². The minimum atomic E-state index is -0.169. The molecule has 0 radical (unpaired) electrons. The van der Waals surface area contributed by atoms with Crippen molar-refractivity contribution >= 4 is 17.3 Å². The van der Waals surface area contributed by atoms with Gasteiger partial charge in [0.2, 0.25) is 5.91 Å². The van der Waals surface area contributed by atoms with Gasteiger partial charge in [-0.1, -0.05) is 18.2 Å². The molecular formula is C17H18N6O2. The monoisotopic (exact) mass is 338 g/mol. The number of aryl methyl sites for hydroxylation is 1. The lowest BCUT2D eigenvalue weighted by Crippen LogP contribution is -2.22. The number of benzene rings is 2. The lowest BCUT2D eigenvalue weighted by molar-refractivity contribution is -0.114. The molecule has 0 aliphatic carbocycles. The molecule has 3 rings (SSSR count). The summed E-state index contributed by atoms with van der Waals surface area (Å²) in [6.45, 7) is 2.07. The van der Waals surface area contributed by atoms with Crippen molar-refractivity contribution < 1.29 is 9.53 Å². The molecule has 0 fully saturated rings. The van der Waals surface area contributed by atoms with Crippen LogP contribution in [0.1, 0.15) is 5.56 Å². The maximum absolute atomic E-state index is 12.2. The zero-order chi connectivity index (χ0) is 17.6. The van der Waals surface area contributed by atoms with Crippen LogP contribution in [0.3, 0.4) is 0 Å². The van der Waals surface area contributed by atoms with Crippen LogP contribution in [-0.2, 0) is 4.79 Å². The van der Waals surface area contributed by atoms with Gasteiger partial charge in [-0.05, 0) is 47.2 Å². The Labute approximate surface area is 144 Å². The molecule has 0 aliphatic heterocycles. The van der Waals surface area contributed by atoms with Crippen molar-refractivity contribution in [2.24, 2.45) is 0 Å². The van der Waals surface area contributed by atoms with E-state index in [-0.39, 0.29) is 12.5 Å². The van der Waals surface area contributed by atoms with E-state index in [2.05, 4.69) is 26.2 Å². The minimum absolute atomic E-state index is 0.120. The highest BCUT2D eigenvalue weighted by molar-refractivity contribution is 5.94. The topological polar surface area (TPSA) is 94.0 Å². The summed E-state index contributed by atoms with van der Waals surface area (Å²) in [5.74, 6) is 0.518. The molecule has 1 amide bonds. The summed E-state index contributed by atoms with van der Waals surface area (Å²) in [6.07, 6.45) is 1.51. The van der Waals surface area contributed by atoms with E-state index >= 15 is 0 Å². The van der Waals surface area contributed by atoms with Gasteiger partial charge in [-0.3, -0.25) is 4.79 Å².